The van der Waals surface area contributed by atoms with E-state index in [9.17, 15) is 4.79 Å². The highest BCUT2D eigenvalue weighted by Gasteiger charge is 2.22. The second-order valence-electron chi connectivity index (χ2n) is 7.58. The predicted molar refractivity (Wildman–Crippen MR) is 113 cm³/mol. The van der Waals surface area contributed by atoms with Crippen molar-refractivity contribution in [3.05, 3.63) is 87.8 Å². The zero-order chi connectivity index (χ0) is 19.5. The van der Waals surface area contributed by atoms with E-state index in [1.54, 1.807) is 4.68 Å². The van der Waals surface area contributed by atoms with Crippen molar-refractivity contribution in [1.29, 1.82) is 0 Å². The van der Waals surface area contributed by atoms with Crippen molar-refractivity contribution in [3.8, 4) is 5.69 Å². The molecule has 5 nitrogen and oxygen atoms in total. The molecule has 0 N–H and O–H groups in total. The zero-order valence-electron chi connectivity index (χ0n) is 16.7. The van der Waals surface area contributed by atoms with Crippen LogP contribution in [-0.4, -0.2) is 45.3 Å². The molecule has 1 aromatic heterocycles. The van der Waals surface area contributed by atoms with Gasteiger partial charge in [-0.25, -0.2) is 4.68 Å². The third kappa shape index (κ3) is 3.81. The van der Waals surface area contributed by atoms with Crippen molar-refractivity contribution >= 4 is 0 Å². The van der Waals surface area contributed by atoms with E-state index in [4.69, 9.17) is 0 Å². The van der Waals surface area contributed by atoms with E-state index in [0.29, 0.717) is 0 Å². The van der Waals surface area contributed by atoms with E-state index in [2.05, 4.69) is 40.1 Å². The van der Waals surface area contributed by atoms with Gasteiger partial charge in [-0.1, -0.05) is 48.5 Å². The molecule has 3 aromatic rings. The van der Waals surface area contributed by atoms with E-state index in [-0.39, 0.29) is 5.56 Å². The van der Waals surface area contributed by atoms with Crippen LogP contribution in [-0.2, 0) is 20.1 Å². The molecule has 2 heterocycles. The highest BCUT2D eigenvalue weighted by Crippen LogP contribution is 2.14. The standard InChI is InChI=1S/C23H28N4O/c1-19-22(23(28)27(24(19)2)21-11-7-4-8-12-21)18-26-15-13-25(14-16-26)17-20-9-5-3-6-10-20/h3-12H,13-18H2,1-2H3. The molecule has 0 bridgehead atoms. The number of para-hydroxylation sites is 1. The lowest BCUT2D eigenvalue weighted by atomic mass is 10.2. The van der Waals surface area contributed by atoms with Gasteiger partial charge < -0.3 is 0 Å². The molecule has 1 aliphatic rings. The van der Waals surface area contributed by atoms with Crippen LogP contribution in [0.1, 0.15) is 16.8 Å². The third-order valence-corrected chi connectivity index (χ3v) is 5.77. The maximum absolute atomic E-state index is 13.1. The van der Waals surface area contributed by atoms with Crippen LogP contribution in [0.5, 0.6) is 0 Å². The van der Waals surface area contributed by atoms with Crippen molar-refractivity contribution < 1.29 is 0 Å². The third-order valence-electron chi connectivity index (χ3n) is 5.77. The molecule has 4 rings (SSSR count). The lowest BCUT2D eigenvalue weighted by Gasteiger charge is -2.34. The van der Waals surface area contributed by atoms with Gasteiger partial charge >= 0.3 is 0 Å². The van der Waals surface area contributed by atoms with Crippen LogP contribution in [0.2, 0.25) is 0 Å². The van der Waals surface area contributed by atoms with Gasteiger partial charge in [-0.2, -0.15) is 0 Å². The molecule has 0 atom stereocenters. The Morgan fingerprint density at radius 2 is 1.32 bits per heavy atom. The summed E-state index contributed by atoms with van der Waals surface area (Å²) in [7, 11) is 1.96. The lowest BCUT2D eigenvalue weighted by Crippen LogP contribution is -2.45. The summed E-state index contributed by atoms with van der Waals surface area (Å²) in [5.41, 5.74) is 4.32. The molecule has 1 aliphatic heterocycles. The minimum Gasteiger partial charge on any atom is -0.297 e. The Labute approximate surface area is 166 Å². The molecule has 0 saturated carbocycles. The molecule has 0 unspecified atom stereocenters. The van der Waals surface area contributed by atoms with Gasteiger partial charge in [0.05, 0.1) is 11.3 Å². The molecule has 5 heteroatoms. The molecule has 1 saturated heterocycles. The fraction of sp³-hybridized carbons (Fsp3) is 0.348. The highest BCUT2D eigenvalue weighted by molar-refractivity contribution is 5.33. The average molecular weight is 377 g/mol. The van der Waals surface area contributed by atoms with E-state index >= 15 is 0 Å². The Kier molecular flexibility index (Phi) is 5.46. The van der Waals surface area contributed by atoms with Gasteiger partial charge in [-0.15, -0.1) is 0 Å². The number of nitrogens with zero attached hydrogens (tertiary/aromatic N) is 4. The fourth-order valence-corrected chi connectivity index (χ4v) is 3.98. The second-order valence-corrected chi connectivity index (χ2v) is 7.58. The summed E-state index contributed by atoms with van der Waals surface area (Å²) in [4.78, 5) is 18.0. The Bertz CT molecular complexity index is 967. The van der Waals surface area contributed by atoms with Gasteiger partial charge in [-0.05, 0) is 24.6 Å². The number of hydrogen-bond donors (Lipinski definition) is 0. The molecule has 28 heavy (non-hydrogen) atoms. The minimum atomic E-state index is 0.0953. The normalized spacial score (nSPS) is 15.8. The SMILES string of the molecule is Cc1c(CN2CCN(Cc3ccccc3)CC2)c(=O)n(-c2ccccc2)n1C. The predicted octanol–water partition coefficient (Wildman–Crippen LogP) is 2.80. The molecule has 0 spiro atoms. The van der Waals surface area contributed by atoms with Crippen LogP contribution < -0.4 is 5.56 Å². The molecular weight excluding hydrogens is 348 g/mol. The van der Waals surface area contributed by atoms with Gasteiger partial charge in [-0.3, -0.25) is 19.3 Å². The molecule has 146 valence electrons. The number of piperazine rings is 1. The van der Waals surface area contributed by atoms with Crippen molar-refractivity contribution in [2.24, 2.45) is 7.05 Å². The monoisotopic (exact) mass is 376 g/mol. The van der Waals surface area contributed by atoms with Crippen molar-refractivity contribution in [3.63, 3.8) is 0 Å². The van der Waals surface area contributed by atoms with Crippen molar-refractivity contribution in [1.82, 2.24) is 19.2 Å². The van der Waals surface area contributed by atoms with Crippen LogP contribution in [0.3, 0.4) is 0 Å². The van der Waals surface area contributed by atoms with Crippen LogP contribution in [0, 0.1) is 6.92 Å². The van der Waals surface area contributed by atoms with Crippen LogP contribution >= 0.6 is 0 Å². The summed E-state index contributed by atoms with van der Waals surface area (Å²) in [5, 5.41) is 0. The lowest BCUT2D eigenvalue weighted by molar-refractivity contribution is 0.121. The van der Waals surface area contributed by atoms with Crippen LogP contribution in [0.4, 0.5) is 0 Å². The van der Waals surface area contributed by atoms with Gasteiger partial charge in [0, 0.05) is 52.0 Å². The van der Waals surface area contributed by atoms with Crippen molar-refractivity contribution in [2.75, 3.05) is 26.2 Å². The van der Waals surface area contributed by atoms with Gasteiger partial charge in [0.15, 0.2) is 0 Å². The first-order valence-corrected chi connectivity index (χ1v) is 9.95. The zero-order valence-corrected chi connectivity index (χ0v) is 16.7. The number of rotatable bonds is 5. The number of aromatic nitrogens is 2. The number of benzene rings is 2. The van der Waals surface area contributed by atoms with E-state index in [1.165, 1.54) is 5.56 Å². The molecule has 2 aromatic carbocycles. The van der Waals surface area contributed by atoms with E-state index < -0.39 is 0 Å². The fourth-order valence-electron chi connectivity index (χ4n) is 3.98. The van der Waals surface area contributed by atoms with Crippen LogP contribution in [0.15, 0.2) is 65.5 Å². The molecule has 0 radical (unpaired) electrons. The maximum Gasteiger partial charge on any atom is 0.276 e. The summed E-state index contributed by atoms with van der Waals surface area (Å²) in [5.74, 6) is 0. The Balaban J connectivity index is 1.44. The summed E-state index contributed by atoms with van der Waals surface area (Å²) in [6.45, 7) is 7.82. The first-order valence-electron chi connectivity index (χ1n) is 9.95. The van der Waals surface area contributed by atoms with E-state index in [0.717, 1.165) is 56.2 Å². The number of hydrogen-bond acceptors (Lipinski definition) is 3. The smallest absolute Gasteiger partial charge is 0.276 e. The minimum absolute atomic E-state index is 0.0953. The Hall–Kier alpha value is -2.63. The summed E-state index contributed by atoms with van der Waals surface area (Å²) < 4.78 is 3.75. The van der Waals surface area contributed by atoms with Crippen LogP contribution in [0.25, 0.3) is 5.69 Å². The Morgan fingerprint density at radius 1 is 0.786 bits per heavy atom. The Morgan fingerprint density at radius 3 is 1.93 bits per heavy atom. The molecule has 0 amide bonds. The summed E-state index contributed by atoms with van der Waals surface area (Å²) in [6, 6.07) is 20.5. The maximum atomic E-state index is 13.1. The highest BCUT2D eigenvalue weighted by atomic mass is 16.1. The molecule has 0 aliphatic carbocycles. The largest absolute Gasteiger partial charge is 0.297 e. The second kappa shape index (κ2) is 8.17. The summed E-state index contributed by atoms with van der Waals surface area (Å²) >= 11 is 0. The topological polar surface area (TPSA) is 33.4 Å². The van der Waals surface area contributed by atoms with Gasteiger partial charge in [0.1, 0.15) is 0 Å². The molecule has 1 fully saturated rings. The van der Waals surface area contributed by atoms with Gasteiger partial charge in [0.2, 0.25) is 0 Å². The molecular formula is C23H28N4O. The first kappa shape index (κ1) is 18.7. The van der Waals surface area contributed by atoms with Crippen molar-refractivity contribution in [2.45, 2.75) is 20.0 Å². The van der Waals surface area contributed by atoms with E-state index in [1.807, 2.05) is 49.0 Å². The summed E-state index contributed by atoms with van der Waals surface area (Å²) in [6.07, 6.45) is 0. The quantitative estimate of drug-likeness (QED) is 0.687. The van der Waals surface area contributed by atoms with Gasteiger partial charge in [0.25, 0.3) is 5.56 Å². The average Bonchev–Trinajstić information content (AvgIpc) is 2.94. The first-order chi connectivity index (χ1) is 13.6.